The third-order valence-electron chi connectivity index (χ3n) is 4.50. The Labute approximate surface area is 87.8 Å². The van der Waals surface area contributed by atoms with Gasteiger partial charge >= 0.3 is 0 Å². The zero-order valence-corrected chi connectivity index (χ0v) is 9.63. The average Bonchev–Trinajstić information content (AvgIpc) is 2.57. The molecule has 2 aliphatic rings. The van der Waals surface area contributed by atoms with Crippen molar-refractivity contribution in [2.75, 3.05) is 26.2 Å². The lowest BCUT2D eigenvalue weighted by atomic mass is 10.1. The molecule has 14 heavy (non-hydrogen) atoms. The largest absolute Gasteiger partial charge is 0.330 e. The highest BCUT2D eigenvalue weighted by atomic mass is 15.1. The van der Waals surface area contributed by atoms with Crippen molar-refractivity contribution >= 4 is 0 Å². The van der Waals surface area contributed by atoms with E-state index in [-0.39, 0.29) is 0 Å². The van der Waals surface area contributed by atoms with E-state index in [0.717, 1.165) is 18.4 Å². The van der Waals surface area contributed by atoms with Crippen molar-refractivity contribution < 1.29 is 0 Å². The predicted molar refractivity (Wildman–Crippen MR) is 60.1 cm³/mol. The van der Waals surface area contributed by atoms with E-state index < -0.39 is 0 Å². The molecule has 0 aromatic carbocycles. The van der Waals surface area contributed by atoms with Crippen LogP contribution in [-0.2, 0) is 0 Å². The molecule has 0 aromatic heterocycles. The Morgan fingerprint density at radius 2 is 1.86 bits per heavy atom. The molecule has 0 spiro atoms. The lowest BCUT2D eigenvalue weighted by Gasteiger charge is -2.14. The highest BCUT2D eigenvalue weighted by molar-refractivity contribution is 5.05. The second-order valence-electron chi connectivity index (χ2n) is 5.61. The molecule has 1 heterocycles. The number of hydrogen-bond donors (Lipinski definition) is 1. The Bertz CT molecular complexity index is 194. The van der Waals surface area contributed by atoms with E-state index >= 15 is 0 Å². The number of rotatable bonds is 4. The Balaban J connectivity index is 1.71. The van der Waals surface area contributed by atoms with E-state index in [0.29, 0.717) is 5.41 Å². The minimum absolute atomic E-state index is 0.536. The first kappa shape index (κ1) is 10.4. The molecule has 0 bridgehead atoms. The van der Waals surface area contributed by atoms with Crippen LogP contribution in [0.15, 0.2) is 0 Å². The van der Waals surface area contributed by atoms with Crippen molar-refractivity contribution in [3.05, 3.63) is 0 Å². The summed E-state index contributed by atoms with van der Waals surface area (Å²) in [5.41, 5.74) is 6.31. The van der Waals surface area contributed by atoms with Gasteiger partial charge in [-0.1, -0.05) is 13.8 Å². The Hall–Kier alpha value is -0.0800. The predicted octanol–water partition coefficient (Wildman–Crippen LogP) is 1.70. The van der Waals surface area contributed by atoms with Gasteiger partial charge in [-0.25, -0.2) is 0 Å². The summed E-state index contributed by atoms with van der Waals surface area (Å²) in [5, 5.41) is 0. The van der Waals surface area contributed by atoms with Crippen LogP contribution in [0.1, 0.15) is 33.1 Å². The van der Waals surface area contributed by atoms with Crippen LogP contribution in [0.2, 0.25) is 0 Å². The zero-order valence-electron chi connectivity index (χ0n) is 9.63. The number of hydrogen-bond acceptors (Lipinski definition) is 2. The summed E-state index contributed by atoms with van der Waals surface area (Å²) in [6.07, 6.45) is 4.19. The molecule has 2 nitrogen and oxygen atoms in total. The highest BCUT2D eigenvalue weighted by Crippen LogP contribution is 2.59. The summed E-state index contributed by atoms with van der Waals surface area (Å²) in [5.74, 6) is 1.69. The summed E-state index contributed by atoms with van der Waals surface area (Å²) in [6.45, 7) is 9.61. The molecule has 82 valence electrons. The summed E-state index contributed by atoms with van der Waals surface area (Å²) in [6, 6.07) is 0. The van der Waals surface area contributed by atoms with E-state index in [1.165, 1.54) is 38.9 Å². The summed E-state index contributed by atoms with van der Waals surface area (Å²) >= 11 is 0. The molecule has 1 saturated heterocycles. The number of likely N-dealkylation sites (tertiary alicyclic amines) is 1. The van der Waals surface area contributed by atoms with Crippen molar-refractivity contribution in [3.63, 3.8) is 0 Å². The molecule has 2 heteroatoms. The molecule has 0 radical (unpaired) electrons. The SMILES string of the molecule is CC1(C)C(CN)C1CCN1CCCC1. The normalized spacial score (nSPS) is 36.2. The fourth-order valence-corrected chi connectivity index (χ4v) is 3.23. The maximum atomic E-state index is 5.77. The van der Waals surface area contributed by atoms with Gasteiger partial charge in [0.05, 0.1) is 0 Å². The molecule has 2 atom stereocenters. The third-order valence-corrected chi connectivity index (χ3v) is 4.50. The van der Waals surface area contributed by atoms with E-state index in [4.69, 9.17) is 5.73 Å². The topological polar surface area (TPSA) is 29.3 Å². The van der Waals surface area contributed by atoms with Gasteiger partial charge in [-0.15, -0.1) is 0 Å². The van der Waals surface area contributed by atoms with E-state index in [9.17, 15) is 0 Å². The van der Waals surface area contributed by atoms with Crippen LogP contribution >= 0.6 is 0 Å². The first-order valence-electron chi connectivity index (χ1n) is 6.08. The van der Waals surface area contributed by atoms with Crippen molar-refractivity contribution in [2.24, 2.45) is 23.0 Å². The van der Waals surface area contributed by atoms with Crippen LogP contribution in [0.4, 0.5) is 0 Å². The molecular weight excluding hydrogens is 172 g/mol. The molecule has 2 rings (SSSR count). The minimum atomic E-state index is 0.536. The summed E-state index contributed by atoms with van der Waals surface area (Å²) in [4.78, 5) is 2.61. The molecule has 1 aliphatic heterocycles. The van der Waals surface area contributed by atoms with Crippen molar-refractivity contribution in [3.8, 4) is 0 Å². The van der Waals surface area contributed by atoms with Gasteiger partial charge in [0, 0.05) is 0 Å². The number of nitrogens with zero attached hydrogens (tertiary/aromatic N) is 1. The minimum Gasteiger partial charge on any atom is -0.330 e. The van der Waals surface area contributed by atoms with Crippen LogP contribution in [0.5, 0.6) is 0 Å². The molecule has 1 aliphatic carbocycles. The monoisotopic (exact) mass is 196 g/mol. The molecule has 2 fully saturated rings. The molecular formula is C12H24N2. The van der Waals surface area contributed by atoms with Crippen LogP contribution in [0.3, 0.4) is 0 Å². The van der Waals surface area contributed by atoms with Gasteiger partial charge in [0.15, 0.2) is 0 Å². The van der Waals surface area contributed by atoms with Gasteiger partial charge in [0.2, 0.25) is 0 Å². The molecule has 2 N–H and O–H groups in total. The first-order valence-corrected chi connectivity index (χ1v) is 6.08. The lowest BCUT2D eigenvalue weighted by Crippen LogP contribution is -2.21. The Morgan fingerprint density at radius 3 is 2.36 bits per heavy atom. The summed E-state index contributed by atoms with van der Waals surface area (Å²) < 4.78 is 0. The summed E-state index contributed by atoms with van der Waals surface area (Å²) in [7, 11) is 0. The molecule has 2 unspecified atom stereocenters. The van der Waals surface area contributed by atoms with Gasteiger partial charge < -0.3 is 10.6 Å². The van der Waals surface area contributed by atoms with Gasteiger partial charge in [0.25, 0.3) is 0 Å². The zero-order chi connectivity index (χ0) is 10.2. The Morgan fingerprint density at radius 1 is 1.21 bits per heavy atom. The first-order chi connectivity index (χ1) is 6.66. The van der Waals surface area contributed by atoms with Crippen molar-refractivity contribution in [2.45, 2.75) is 33.1 Å². The second kappa shape index (κ2) is 3.82. The second-order valence-corrected chi connectivity index (χ2v) is 5.61. The van der Waals surface area contributed by atoms with Crippen LogP contribution in [0.25, 0.3) is 0 Å². The Kier molecular flexibility index (Phi) is 2.85. The maximum absolute atomic E-state index is 5.77. The van der Waals surface area contributed by atoms with E-state index in [1.807, 2.05) is 0 Å². The van der Waals surface area contributed by atoms with Gasteiger partial charge in [-0.05, 0) is 62.7 Å². The third kappa shape index (κ3) is 1.82. The van der Waals surface area contributed by atoms with E-state index in [2.05, 4.69) is 18.7 Å². The fourth-order valence-electron chi connectivity index (χ4n) is 3.23. The number of nitrogens with two attached hydrogens (primary N) is 1. The van der Waals surface area contributed by atoms with Crippen LogP contribution < -0.4 is 5.73 Å². The average molecular weight is 196 g/mol. The maximum Gasteiger partial charge on any atom is -0.00158 e. The lowest BCUT2D eigenvalue weighted by molar-refractivity contribution is 0.316. The van der Waals surface area contributed by atoms with Crippen molar-refractivity contribution in [1.29, 1.82) is 0 Å². The molecule has 0 amide bonds. The van der Waals surface area contributed by atoms with Crippen LogP contribution in [0, 0.1) is 17.3 Å². The molecule has 0 aromatic rings. The highest BCUT2D eigenvalue weighted by Gasteiger charge is 2.55. The van der Waals surface area contributed by atoms with Crippen LogP contribution in [-0.4, -0.2) is 31.1 Å². The fraction of sp³-hybridized carbons (Fsp3) is 1.00. The standard InChI is InChI=1S/C12H24N2/c1-12(2)10(11(12)9-13)5-8-14-6-3-4-7-14/h10-11H,3-9,13H2,1-2H3. The van der Waals surface area contributed by atoms with Gasteiger partial charge in [-0.3, -0.25) is 0 Å². The van der Waals surface area contributed by atoms with Gasteiger partial charge in [0.1, 0.15) is 0 Å². The van der Waals surface area contributed by atoms with Gasteiger partial charge in [-0.2, -0.15) is 0 Å². The molecule has 1 saturated carbocycles. The quantitative estimate of drug-likeness (QED) is 0.741. The van der Waals surface area contributed by atoms with E-state index in [1.54, 1.807) is 0 Å². The smallest absolute Gasteiger partial charge is 0.00158 e. The van der Waals surface area contributed by atoms with Crippen molar-refractivity contribution in [1.82, 2.24) is 4.90 Å².